The number of hydrogen-bond donors (Lipinski definition) is 1. The fourth-order valence-electron chi connectivity index (χ4n) is 5.27. The van der Waals surface area contributed by atoms with Gasteiger partial charge in [0, 0.05) is 35.6 Å². The minimum atomic E-state index is 0.231. The monoisotopic (exact) mass is 453 g/mol. The van der Waals surface area contributed by atoms with E-state index < -0.39 is 0 Å². The molecule has 1 fully saturated rings. The standard InChI is InChI=1S/C27H36ClN3O/c1-2-25(22-7-5-9-23(28)19-22)31-17-14-20(15-18-31)26(32)11-4-3-10-24-13-12-21-8-6-16-29-27(21)30-24/h5,7,9,12-13,19-20,25H,2-4,6,8,10-11,14-18H2,1H3,(H,29,30). The van der Waals surface area contributed by atoms with Crippen LogP contribution in [0, 0.1) is 5.92 Å². The second-order valence-corrected chi connectivity index (χ2v) is 9.74. The molecule has 2 aliphatic rings. The maximum absolute atomic E-state index is 12.8. The summed E-state index contributed by atoms with van der Waals surface area (Å²) >= 11 is 6.21. The number of Topliss-reactive ketones (excluding diaryl/α,β-unsaturated/α-hetero) is 1. The molecule has 172 valence electrons. The predicted molar refractivity (Wildman–Crippen MR) is 132 cm³/mol. The lowest BCUT2D eigenvalue weighted by atomic mass is 9.88. The second kappa shape index (κ2) is 11.3. The number of hydrogen-bond acceptors (Lipinski definition) is 4. The number of likely N-dealkylation sites (tertiary alicyclic amines) is 1. The lowest BCUT2D eigenvalue weighted by molar-refractivity contribution is -0.124. The Morgan fingerprint density at radius 1 is 1.22 bits per heavy atom. The highest BCUT2D eigenvalue weighted by Gasteiger charge is 2.28. The first-order valence-corrected chi connectivity index (χ1v) is 12.8. The van der Waals surface area contributed by atoms with Crippen LogP contribution in [0.4, 0.5) is 5.82 Å². The van der Waals surface area contributed by atoms with Gasteiger partial charge in [0.05, 0.1) is 0 Å². The Kier molecular flexibility index (Phi) is 8.20. The van der Waals surface area contributed by atoms with E-state index in [2.05, 4.69) is 41.4 Å². The van der Waals surface area contributed by atoms with E-state index in [1.165, 1.54) is 17.5 Å². The molecule has 5 heteroatoms. The zero-order valence-electron chi connectivity index (χ0n) is 19.3. The Morgan fingerprint density at radius 2 is 2.06 bits per heavy atom. The van der Waals surface area contributed by atoms with Crippen molar-refractivity contribution in [2.45, 2.75) is 70.8 Å². The van der Waals surface area contributed by atoms with Crippen molar-refractivity contribution in [3.63, 3.8) is 0 Å². The molecule has 0 saturated carbocycles. The van der Waals surface area contributed by atoms with E-state index in [4.69, 9.17) is 16.6 Å². The van der Waals surface area contributed by atoms with Crippen molar-refractivity contribution in [2.75, 3.05) is 25.0 Å². The molecule has 32 heavy (non-hydrogen) atoms. The topological polar surface area (TPSA) is 45.2 Å². The zero-order chi connectivity index (χ0) is 22.3. The van der Waals surface area contributed by atoms with Gasteiger partial charge < -0.3 is 5.32 Å². The molecule has 1 atom stereocenters. The molecule has 2 aromatic rings. The zero-order valence-corrected chi connectivity index (χ0v) is 20.0. The summed E-state index contributed by atoms with van der Waals surface area (Å²) in [5.74, 6) is 1.76. The summed E-state index contributed by atoms with van der Waals surface area (Å²) in [5, 5.41) is 4.21. The van der Waals surface area contributed by atoms with Gasteiger partial charge in [-0.15, -0.1) is 0 Å². The second-order valence-electron chi connectivity index (χ2n) is 9.30. The summed E-state index contributed by atoms with van der Waals surface area (Å²) in [6.07, 6.45) is 9.00. The highest BCUT2D eigenvalue weighted by molar-refractivity contribution is 6.30. The van der Waals surface area contributed by atoms with Gasteiger partial charge in [0.2, 0.25) is 0 Å². The minimum Gasteiger partial charge on any atom is -0.370 e. The molecule has 1 unspecified atom stereocenters. The molecule has 0 bridgehead atoms. The van der Waals surface area contributed by atoms with Gasteiger partial charge in [-0.1, -0.05) is 36.7 Å². The van der Waals surface area contributed by atoms with Crippen LogP contribution in [-0.2, 0) is 17.6 Å². The first-order valence-electron chi connectivity index (χ1n) is 12.4. The molecular weight excluding hydrogens is 418 g/mol. The van der Waals surface area contributed by atoms with Crippen LogP contribution in [-0.4, -0.2) is 35.3 Å². The number of halogens is 1. The van der Waals surface area contributed by atoms with Crippen LogP contribution in [0.1, 0.15) is 74.7 Å². The average molecular weight is 454 g/mol. The van der Waals surface area contributed by atoms with Crippen molar-refractivity contribution in [3.05, 3.63) is 58.2 Å². The van der Waals surface area contributed by atoms with Crippen LogP contribution in [0.2, 0.25) is 5.02 Å². The first-order chi connectivity index (χ1) is 15.6. The van der Waals surface area contributed by atoms with Gasteiger partial charge in [-0.25, -0.2) is 4.98 Å². The van der Waals surface area contributed by atoms with Crippen LogP contribution in [0.15, 0.2) is 36.4 Å². The maximum atomic E-state index is 12.8. The first kappa shape index (κ1) is 23.3. The average Bonchev–Trinajstić information content (AvgIpc) is 2.82. The summed E-state index contributed by atoms with van der Waals surface area (Å²) in [4.78, 5) is 20.1. The lowest BCUT2D eigenvalue weighted by Crippen LogP contribution is -2.38. The number of benzene rings is 1. The van der Waals surface area contributed by atoms with Gasteiger partial charge >= 0.3 is 0 Å². The smallest absolute Gasteiger partial charge is 0.136 e. The van der Waals surface area contributed by atoms with Crippen LogP contribution in [0.5, 0.6) is 0 Å². The fraction of sp³-hybridized carbons (Fsp3) is 0.556. The molecule has 1 aromatic carbocycles. The van der Waals surface area contributed by atoms with Gasteiger partial charge in [0.15, 0.2) is 0 Å². The van der Waals surface area contributed by atoms with Gasteiger partial charge in [0.25, 0.3) is 0 Å². The summed E-state index contributed by atoms with van der Waals surface area (Å²) in [6, 6.07) is 13.0. The van der Waals surface area contributed by atoms with E-state index >= 15 is 0 Å². The quantitative estimate of drug-likeness (QED) is 0.456. The molecule has 2 aliphatic heterocycles. The number of fused-ring (bicyclic) bond motifs is 1. The van der Waals surface area contributed by atoms with Crippen molar-refractivity contribution in [1.82, 2.24) is 9.88 Å². The molecule has 3 heterocycles. The van der Waals surface area contributed by atoms with Gasteiger partial charge in [-0.2, -0.15) is 0 Å². The van der Waals surface area contributed by atoms with Crippen molar-refractivity contribution in [3.8, 4) is 0 Å². The van der Waals surface area contributed by atoms with Gasteiger partial charge in [-0.05, 0) is 93.8 Å². The fourth-order valence-corrected chi connectivity index (χ4v) is 5.47. The number of carbonyl (C=O) groups is 1. The highest BCUT2D eigenvalue weighted by atomic mass is 35.5. The number of rotatable bonds is 9. The Morgan fingerprint density at radius 3 is 2.84 bits per heavy atom. The normalized spacial score (nSPS) is 18.1. The van der Waals surface area contributed by atoms with Crippen LogP contribution in [0.3, 0.4) is 0 Å². The van der Waals surface area contributed by atoms with Gasteiger partial charge in [0.1, 0.15) is 11.6 Å². The number of ketones is 1. The Hall–Kier alpha value is -1.91. The number of piperidine rings is 1. The van der Waals surface area contributed by atoms with Crippen LogP contribution < -0.4 is 5.32 Å². The number of nitrogens with zero attached hydrogens (tertiary/aromatic N) is 2. The highest BCUT2D eigenvalue weighted by Crippen LogP contribution is 2.31. The molecule has 1 saturated heterocycles. The van der Waals surface area contributed by atoms with Crippen LogP contribution in [0.25, 0.3) is 0 Å². The maximum Gasteiger partial charge on any atom is 0.136 e. The third kappa shape index (κ3) is 5.90. The van der Waals surface area contributed by atoms with Crippen LogP contribution >= 0.6 is 11.6 Å². The van der Waals surface area contributed by atoms with E-state index in [-0.39, 0.29) is 5.92 Å². The number of carbonyl (C=O) groups excluding carboxylic acids is 1. The number of pyridine rings is 1. The summed E-state index contributed by atoms with van der Waals surface area (Å²) in [7, 11) is 0. The Balaban J connectivity index is 1.19. The number of aryl methyl sites for hydroxylation is 2. The molecule has 0 spiro atoms. The predicted octanol–water partition coefficient (Wildman–Crippen LogP) is 6.24. The molecule has 0 aliphatic carbocycles. The van der Waals surface area contributed by atoms with E-state index in [0.29, 0.717) is 18.2 Å². The third-order valence-corrected chi connectivity index (χ3v) is 7.34. The Bertz CT molecular complexity index is 908. The largest absolute Gasteiger partial charge is 0.370 e. The Labute approximate surface area is 197 Å². The number of nitrogens with one attached hydrogen (secondary N) is 1. The van der Waals surface area contributed by atoms with Crippen molar-refractivity contribution in [1.29, 1.82) is 0 Å². The number of aromatic nitrogens is 1. The minimum absolute atomic E-state index is 0.231. The van der Waals surface area contributed by atoms with E-state index in [1.807, 2.05) is 12.1 Å². The number of unbranched alkanes of at least 4 members (excludes halogenated alkanes) is 1. The molecule has 0 radical (unpaired) electrons. The molecule has 4 nitrogen and oxygen atoms in total. The number of anilines is 1. The molecule has 0 amide bonds. The van der Waals surface area contributed by atoms with Crippen molar-refractivity contribution >= 4 is 23.2 Å². The van der Waals surface area contributed by atoms with E-state index in [0.717, 1.165) is 81.1 Å². The van der Waals surface area contributed by atoms with Crippen molar-refractivity contribution in [2.24, 2.45) is 5.92 Å². The SMILES string of the molecule is CCC(c1cccc(Cl)c1)N1CCC(C(=O)CCCCc2ccc3c(n2)NCCC3)CC1. The third-order valence-electron chi connectivity index (χ3n) is 7.10. The molecule has 4 rings (SSSR count). The molecule has 1 aromatic heterocycles. The molecule has 1 N–H and O–H groups in total. The lowest BCUT2D eigenvalue weighted by Gasteiger charge is -2.37. The summed E-state index contributed by atoms with van der Waals surface area (Å²) < 4.78 is 0. The van der Waals surface area contributed by atoms with E-state index in [1.54, 1.807) is 0 Å². The summed E-state index contributed by atoms with van der Waals surface area (Å²) in [6.45, 7) is 5.24. The van der Waals surface area contributed by atoms with Crippen molar-refractivity contribution < 1.29 is 4.79 Å². The summed E-state index contributed by atoms with van der Waals surface area (Å²) in [5.41, 5.74) is 3.77. The van der Waals surface area contributed by atoms with E-state index in [9.17, 15) is 4.79 Å². The molecular formula is C27H36ClN3O. The van der Waals surface area contributed by atoms with Gasteiger partial charge in [-0.3, -0.25) is 9.69 Å².